The van der Waals surface area contributed by atoms with Gasteiger partial charge in [-0.25, -0.2) is 0 Å². The van der Waals surface area contributed by atoms with E-state index < -0.39 is 4.00 Å². The summed E-state index contributed by atoms with van der Waals surface area (Å²) in [5.74, 6) is 0. The van der Waals surface area contributed by atoms with Crippen molar-refractivity contribution >= 4 is 109 Å². The van der Waals surface area contributed by atoms with E-state index in [2.05, 4.69) is 76.8 Å². The maximum atomic E-state index is 5.86. The third-order valence-electron chi connectivity index (χ3n) is 0. The Kier molecular flexibility index (Phi) is 25.7. The second-order valence-electron chi connectivity index (χ2n) is 0.595. The molecule has 0 aromatic rings. The van der Waals surface area contributed by atoms with Crippen molar-refractivity contribution in [3.05, 3.63) is 0 Å². The fraction of sp³-hybridized carbons (Fsp3) is 0. The summed E-state index contributed by atoms with van der Waals surface area (Å²) in [6.45, 7) is 0. The van der Waals surface area contributed by atoms with Gasteiger partial charge in [-0.15, -0.1) is 0 Å². The molecule has 0 aliphatic rings. The van der Waals surface area contributed by atoms with Crippen LogP contribution in [-0.4, -0.2) is 37.6 Å². The second-order valence-corrected chi connectivity index (χ2v) is 169. The zero-order valence-electron chi connectivity index (χ0n) is 4.37. The van der Waals surface area contributed by atoms with Crippen molar-refractivity contribution in [3.63, 3.8) is 0 Å². The summed E-state index contributed by atoms with van der Waals surface area (Å²) in [5.41, 5.74) is 4.39. The van der Waals surface area contributed by atoms with E-state index in [1.54, 1.807) is 0 Å². The Morgan fingerprint density at radius 3 is 1.22 bits per heavy atom. The van der Waals surface area contributed by atoms with Crippen LogP contribution in [0.3, 0.4) is 0 Å². The maximum absolute atomic E-state index is 5.86. The van der Waals surface area contributed by atoms with E-state index >= 15 is 0 Å². The van der Waals surface area contributed by atoms with Crippen LogP contribution in [-0.2, 0) is 0 Å². The minimum absolute atomic E-state index is 0. The second kappa shape index (κ2) is 12.2. The summed E-state index contributed by atoms with van der Waals surface area (Å²) in [7, 11) is 0. The zero-order valence-corrected chi connectivity index (χ0v) is 22.4. The van der Waals surface area contributed by atoms with Gasteiger partial charge in [0.05, 0.1) is 6.34 Å². The molecule has 2 nitrogen and oxygen atoms in total. The van der Waals surface area contributed by atoms with Crippen molar-refractivity contribution in [2.75, 3.05) is 0 Å². The molecule has 0 unspecified atom stereocenters. The molecule has 9 heavy (non-hydrogen) atoms. The molecule has 56 valence electrons. The predicted molar refractivity (Wildman–Crippen MR) is 83.3 cm³/mol. The fourth-order valence-electron chi connectivity index (χ4n) is 0. The molecule has 0 amide bonds. The third-order valence-corrected chi connectivity index (χ3v) is 0. The number of halogens is 4. The van der Waals surface area contributed by atoms with Gasteiger partial charge in [-0.1, -0.05) is 0 Å². The molecule has 0 aromatic carbocycles. The van der Waals surface area contributed by atoms with Crippen LogP contribution in [0.1, 0.15) is 0 Å². The topological polar surface area (TPSA) is 49.9 Å². The van der Waals surface area contributed by atoms with Crippen molar-refractivity contribution in [3.8, 4) is 0 Å². The minimum atomic E-state index is -1.40. The molecule has 0 rings (SSSR count). The predicted octanol–water partition coefficient (Wildman–Crippen LogP) is 1.80. The first kappa shape index (κ1) is 18.9. The van der Waals surface area contributed by atoms with E-state index in [-0.39, 0.29) is 27.3 Å². The number of hydrogen-bond acceptors (Lipinski definition) is 1. The summed E-state index contributed by atoms with van der Waals surface area (Å²) in [4.78, 5) is 0. The van der Waals surface area contributed by atoms with E-state index in [1.807, 2.05) is 0 Å². The normalized spacial score (nSPS) is 8.00. The zero-order chi connectivity index (χ0) is 7.21. The van der Waals surface area contributed by atoms with Crippen molar-refractivity contribution in [2.24, 2.45) is 5.73 Å². The molecule has 0 bridgehead atoms. The third kappa shape index (κ3) is 71.5. The first-order valence-electron chi connectivity index (χ1n) is 1.38. The molecule has 0 aliphatic heterocycles. The molecule has 0 heterocycles. The van der Waals surface area contributed by atoms with Crippen LogP contribution in [0.5, 0.6) is 0 Å². The molecule has 0 fully saturated rings. The molecule has 0 saturated carbocycles. The van der Waals surface area contributed by atoms with Crippen LogP contribution in [0.2, 0.25) is 0 Å². The first-order chi connectivity index (χ1) is 3.41. The standard InChI is InChI=1S/CH4N2.4HI.2Pb.2H/c2-1-3;;;;;;;;/h1H,(H3,2,3);4*1H;;;;/q;;;;;;+4;;/p-4. The molecule has 0 aliphatic carbocycles. The quantitative estimate of drug-likeness (QED) is 0.166. The van der Waals surface area contributed by atoms with Gasteiger partial charge in [0.15, 0.2) is 0 Å². The van der Waals surface area contributed by atoms with Crippen LogP contribution in [0.25, 0.3) is 0 Å². The Bertz CT molecular complexity index is 56.1. The fourth-order valence-corrected chi connectivity index (χ4v) is 0. The van der Waals surface area contributed by atoms with Crippen LogP contribution in [0.15, 0.2) is 0 Å². The molecule has 8 heteroatoms. The Morgan fingerprint density at radius 2 is 1.22 bits per heavy atom. The Morgan fingerprint density at radius 1 is 1.22 bits per heavy atom. The van der Waals surface area contributed by atoms with Gasteiger partial charge in [0.2, 0.25) is 0 Å². The van der Waals surface area contributed by atoms with Crippen molar-refractivity contribution in [2.45, 2.75) is 0 Å². The van der Waals surface area contributed by atoms with Crippen LogP contribution >= 0.6 is 71.0 Å². The van der Waals surface area contributed by atoms with E-state index in [1.165, 1.54) is 0 Å². The molecule has 0 saturated heterocycles. The van der Waals surface area contributed by atoms with E-state index in [4.69, 9.17) is 5.41 Å². The van der Waals surface area contributed by atoms with Gasteiger partial charge in [-0.3, -0.25) is 5.41 Å². The SMILES string of the molecule is N=CN.[I][Pb]([I])([I])[I].[PbH2]. The monoisotopic (exact) mass is 970 g/mol. The molecule has 0 atom stereocenters. The molecule has 0 aromatic heterocycles. The molecule has 3 N–H and O–H groups in total. The van der Waals surface area contributed by atoms with Gasteiger partial charge in [0.1, 0.15) is 0 Å². The molecular formula is CH6I4N2Pb2. The van der Waals surface area contributed by atoms with Gasteiger partial charge in [0.25, 0.3) is 0 Å². The average Bonchev–Trinajstić information content (AvgIpc) is 1.27. The first-order valence-corrected chi connectivity index (χ1v) is 45.1. The van der Waals surface area contributed by atoms with Gasteiger partial charge >= 0.3 is 102 Å². The van der Waals surface area contributed by atoms with E-state index in [0.717, 1.165) is 6.34 Å². The van der Waals surface area contributed by atoms with Gasteiger partial charge < -0.3 is 5.73 Å². The number of rotatable bonds is 0. The van der Waals surface area contributed by atoms with E-state index in [9.17, 15) is 0 Å². The van der Waals surface area contributed by atoms with Gasteiger partial charge in [-0.05, 0) is 0 Å². The molecule has 0 spiro atoms. The van der Waals surface area contributed by atoms with E-state index in [0.29, 0.717) is 0 Å². The summed E-state index contributed by atoms with van der Waals surface area (Å²) >= 11 is 10.2. The van der Waals surface area contributed by atoms with Crippen molar-refractivity contribution < 1.29 is 0 Å². The summed E-state index contributed by atoms with van der Waals surface area (Å²) in [5, 5.41) is 5.86. The van der Waals surface area contributed by atoms with Gasteiger partial charge in [-0.2, -0.15) is 0 Å². The van der Waals surface area contributed by atoms with Crippen LogP contribution in [0, 0.1) is 5.41 Å². The molecular weight excluding hydrogens is 962 g/mol. The summed E-state index contributed by atoms with van der Waals surface area (Å²) < 4.78 is -1.40. The Balaban J connectivity index is -0.0000000800. The number of nitrogens with one attached hydrogen (secondary N) is 1. The van der Waals surface area contributed by atoms with Gasteiger partial charge in [0, 0.05) is 0 Å². The average molecular weight is 968 g/mol. The van der Waals surface area contributed by atoms with Crippen molar-refractivity contribution in [1.29, 1.82) is 5.41 Å². The molecule has 2 radical (unpaired) electrons. The van der Waals surface area contributed by atoms with Crippen molar-refractivity contribution in [1.82, 2.24) is 0 Å². The van der Waals surface area contributed by atoms with Crippen LogP contribution < -0.4 is 5.73 Å². The number of hydrogen-bond donors (Lipinski definition) is 2. The number of nitrogens with two attached hydrogens (primary N) is 1. The van der Waals surface area contributed by atoms with Crippen LogP contribution in [0.4, 0.5) is 0 Å². The summed E-state index contributed by atoms with van der Waals surface area (Å²) in [6, 6.07) is 0. The summed E-state index contributed by atoms with van der Waals surface area (Å²) in [6.07, 6.45) is 0.750. The Labute approximate surface area is 116 Å². The Hall–Kier alpha value is 4.23.